The Morgan fingerprint density at radius 1 is 1.32 bits per heavy atom. The van der Waals surface area contributed by atoms with Gasteiger partial charge in [0.15, 0.2) is 0 Å². The quantitative estimate of drug-likeness (QED) is 0.732. The number of aromatic nitrogens is 2. The summed E-state index contributed by atoms with van der Waals surface area (Å²) in [7, 11) is 0. The molecular weight excluding hydrogens is 240 g/mol. The number of imidazole rings is 1. The second kappa shape index (κ2) is 6.70. The number of nitrogens with zero attached hydrogens (tertiary/aromatic N) is 2. The fourth-order valence-electron chi connectivity index (χ4n) is 1.83. The van der Waals surface area contributed by atoms with Crippen LogP contribution in [0, 0.1) is 0 Å². The van der Waals surface area contributed by atoms with Crippen molar-refractivity contribution in [3.8, 4) is 0 Å². The van der Waals surface area contributed by atoms with Gasteiger partial charge in [0.25, 0.3) is 0 Å². The fraction of sp³-hybridized carbons (Fsp3) is 0.286. The Bertz CT molecular complexity index is 505. The lowest BCUT2D eigenvalue weighted by Gasteiger charge is -2.06. The fourth-order valence-corrected chi connectivity index (χ4v) is 1.83. The third-order valence-corrected chi connectivity index (χ3v) is 2.90. The van der Waals surface area contributed by atoms with Crippen LogP contribution in [0.1, 0.15) is 22.3 Å². The van der Waals surface area contributed by atoms with Crippen LogP contribution in [0.25, 0.3) is 0 Å². The number of benzene rings is 1. The highest BCUT2D eigenvalue weighted by Gasteiger charge is 1.99. The molecule has 0 aliphatic rings. The molecule has 1 aromatic heterocycles. The van der Waals surface area contributed by atoms with Gasteiger partial charge in [-0.25, -0.2) is 4.98 Å². The molecule has 0 bridgehead atoms. The number of rotatable bonds is 7. The lowest BCUT2D eigenvalue weighted by atomic mass is 10.1. The van der Waals surface area contributed by atoms with E-state index in [1.807, 2.05) is 24.7 Å². The normalized spacial score (nSPS) is 10.5. The van der Waals surface area contributed by atoms with E-state index in [0.29, 0.717) is 5.56 Å². The summed E-state index contributed by atoms with van der Waals surface area (Å²) in [4.78, 5) is 14.9. The van der Waals surface area contributed by atoms with Gasteiger partial charge in [-0.3, -0.25) is 4.79 Å². The summed E-state index contributed by atoms with van der Waals surface area (Å²) in [6, 6.07) is 7.35. The number of hydrogen-bond donors (Lipinski definition) is 2. The highest BCUT2D eigenvalue weighted by molar-refractivity contribution is 5.92. The molecule has 0 saturated heterocycles. The van der Waals surface area contributed by atoms with Gasteiger partial charge in [-0.1, -0.05) is 12.1 Å². The van der Waals surface area contributed by atoms with Crippen molar-refractivity contribution in [1.29, 1.82) is 0 Å². The van der Waals surface area contributed by atoms with Crippen LogP contribution in [0.4, 0.5) is 0 Å². The average molecular weight is 258 g/mol. The maximum Gasteiger partial charge on any atom is 0.248 e. The zero-order valence-electron chi connectivity index (χ0n) is 10.7. The lowest BCUT2D eigenvalue weighted by Crippen LogP contribution is -2.16. The summed E-state index contributed by atoms with van der Waals surface area (Å²) < 4.78 is 2.06. The number of carbonyl (C=O) groups excluding carboxylic acids is 1. The van der Waals surface area contributed by atoms with Crippen molar-refractivity contribution in [2.24, 2.45) is 5.73 Å². The molecule has 0 fully saturated rings. The average Bonchev–Trinajstić information content (AvgIpc) is 2.92. The van der Waals surface area contributed by atoms with Crippen molar-refractivity contribution in [3.63, 3.8) is 0 Å². The topological polar surface area (TPSA) is 72.9 Å². The summed E-state index contributed by atoms with van der Waals surface area (Å²) in [6.45, 7) is 2.70. The summed E-state index contributed by atoms with van der Waals surface area (Å²) in [5.41, 5.74) is 6.88. The first-order valence-corrected chi connectivity index (χ1v) is 6.31. The number of carbonyl (C=O) groups is 1. The van der Waals surface area contributed by atoms with Gasteiger partial charge in [-0.05, 0) is 30.7 Å². The smallest absolute Gasteiger partial charge is 0.248 e. The van der Waals surface area contributed by atoms with Gasteiger partial charge in [-0.2, -0.15) is 0 Å². The van der Waals surface area contributed by atoms with E-state index in [1.54, 1.807) is 18.3 Å². The number of nitrogens with one attached hydrogen (secondary N) is 1. The van der Waals surface area contributed by atoms with E-state index in [0.717, 1.165) is 31.6 Å². The van der Waals surface area contributed by atoms with Crippen LogP contribution in [0.2, 0.25) is 0 Å². The molecule has 0 radical (unpaired) electrons. The minimum Gasteiger partial charge on any atom is -0.366 e. The Morgan fingerprint density at radius 2 is 2.11 bits per heavy atom. The van der Waals surface area contributed by atoms with Gasteiger partial charge >= 0.3 is 0 Å². The molecule has 19 heavy (non-hydrogen) atoms. The monoisotopic (exact) mass is 258 g/mol. The molecule has 5 heteroatoms. The predicted octanol–water partition coefficient (Wildman–Crippen LogP) is 1.16. The lowest BCUT2D eigenvalue weighted by molar-refractivity contribution is 0.100. The Hall–Kier alpha value is -2.14. The molecule has 0 aliphatic heterocycles. The maximum atomic E-state index is 10.9. The summed E-state index contributed by atoms with van der Waals surface area (Å²) in [5.74, 6) is -0.389. The Balaban J connectivity index is 1.66. The molecule has 5 nitrogen and oxygen atoms in total. The molecule has 0 atom stereocenters. The van der Waals surface area contributed by atoms with Gasteiger partial charge in [0.1, 0.15) is 0 Å². The van der Waals surface area contributed by atoms with Crippen molar-refractivity contribution in [1.82, 2.24) is 14.9 Å². The molecule has 0 saturated carbocycles. The van der Waals surface area contributed by atoms with Crippen molar-refractivity contribution in [2.45, 2.75) is 19.5 Å². The van der Waals surface area contributed by atoms with Crippen LogP contribution < -0.4 is 11.1 Å². The minimum absolute atomic E-state index is 0.389. The van der Waals surface area contributed by atoms with Crippen LogP contribution in [-0.4, -0.2) is 22.0 Å². The van der Waals surface area contributed by atoms with Crippen LogP contribution in [0.5, 0.6) is 0 Å². The number of primary amides is 1. The van der Waals surface area contributed by atoms with Crippen LogP contribution in [-0.2, 0) is 13.1 Å². The van der Waals surface area contributed by atoms with Crippen LogP contribution in [0.3, 0.4) is 0 Å². The Labute approximate surface area is 112 Å². The zero-order valence-corrected chi connectivity index (χ0v) is 10.7. The van der Waals surface area contributed by atoms with E-state index in [4.69, 9.17) is 5.73 Å². The molecule has 2 rings (SSSR count). The molecule has 0 spiro atoms. The van der Waals surface area contributed by atoms with E-state index >= 15 is 0 Å². The van der Waals surface area contributed by atoms with Crippen LogP contribution >= 0.6 is 0 Å². The van der Waals surface area contributed by atoms with Crippen molar-refractivity contribution in [3.05, 3.63) is 54.1 Å². The first-order chi connectivity index (χ1) is 9.25. The molecular formula is C14H18N4O. The third-order valence-electron chi connectivity index (χ3n) is 2.90. The second-order valence-corrected chi connectivity index (χ2v) is 4.39. The first kappa shape index (κ1) is 13.3. The van der Waals surface area contributed by atoms with Crippen molar-refractivity contribution in [2.75, 3.05) is 6.54 Å². The molecule has 1 amide bonds. The van der Waals surface area contributed by atoms with E-state index < -0.39 is 0 Å². The van der Waals surface area contributed by atoms with E-state index in [-0.39, 0.29) is 5.91 Å². The zero-order chi connectivity index (χ0) is 13.5. The molecule has 100 valence electrons. The summed E-state index contributed by atoms with van der Waals surface area (Å²) in [6.07, 6.45) is 6.62. The molecule has 3 N–H and O–H groups in total. The van der Waals surface area contributed by atoms with Gasteiger partial charge in [0, 0.05) is 31.0 Å². The maximum absolute atomic E-state index is 10.9. The van der Waals surface area contributed by atoms with Gasteiger partial charge in [-0.15, -0.1) is 0 Å². The number of hydrogen-bond acceptors (Lipinski definition) is 3. The first-order valence-electron chi connectivity index (χ1n) is 6.31. The highest BCUT2D eigenvalue weighted by Crippen LogP contribution is 2.03. The second-order valence-electron chi connectivity index (χ2n) is 4.39. The third kappa shape index (κ3) is 4.22. The van der Waals surface area contributed by atoms with E-state index in [9.17, 15) is 4.79 Å². The van der Waals surface area contributed by atoms with Crippen molar-refractivity contribution >= 4 is 5.91 Å². The van der Waals surface area contributed by atoms with E-state index in [1.165, 1.54) is 0 Å². The largest absolute Gasteiger partial charge is 0.366 e. The van der Waals surface area contributed by atoms with Crippen LogP contribution in [0.15, 0.2) is 43.0 Å². The van der Waals surface area contributed by atoms with Gasteiger partial charge in [0.2, 0.25) is 5.91 Å². The molecule has 2 aromatic rings. The number of amides is 1. The van der Waals surface area contributed by atoms with Gasteiger partial charge in [0.05, 0.1) is 6.33 Å². The van der Waals surface area contributed by atoms with E-state index in [2.05, 4.69) is 14.9 Å². The number of nitrogens with two attached hydrogens (primary N) is 1. The molecule has 1 heterocycles. The summed E-state index contributed by atoms with van der Waals surface area (Å²) in [5, 5.41) is 3.36. The highest BCUT2D eigenvalue weighted by atomic mass is 16.1. The molecule has 1 aromatic carbocycles. The van der Waals surface area contributed by atoms with Crippen molar-refractivity contribution < 1.29 is 4.79 Å². The Kier molecular flexibility index (Phi) is 4.69. The Morgan fingerprint density at radius 3 is 2.74 bits per heavy atom. The standard InChI is InChI=1S/C14H18N4O/c15-14(19)13-4-2-12(3-5-13)10-16-6-1-8-18-9-7-17-11-18/h2-5,7,9,11,16H,1,6,8,10H2,(H2,15,19). The summed E-state index contributed by atoms with van der Waals surface area (Å²) >= 11 is 0. The SMILES string of the molecule is NC(=O)c1ccc(CNCCCn2ccnc2)cc1. The number of aryl methyl sites for hydroxylation is 1. The molecule has 0 unspecified atom stereocenters. The minimum atomic E-state index is -0.389. The predicted molar refractivity (Wildman–Crippen MR) is 73.5 cm³/mol. The molecule has 0 aliphatic carbocycles. The van der Waals surface area contributed by atoms with Gasteiger partial charge < -0.3 is 15.6 Å².